The van der Waals surface area contributed by atoms with Crippen LogP contribution >= 0.6 is 0 Å². The largest absolute Gasteiger partial charge is 0.474 e. The van der Waals surface area contributed by atoms with Crippen molar-refractivity contribution in [3.8, 4) is 11.9 Å². The first-order valence-corrected chi connectivity index (χ1v) is 6.91. The Morgan fingerprint density at radius 2 is 2.25 bits per heavy atom. The molecule has 1 aliphatic rings. The summed E-state index contributed by atoms with van der Waals surface area (Å²) in [6.45, 7) is 1.25. The summed E-state index contributed by atoms with van der Waals surface area (Å²) in [4.78, 5) is 4.43. The lowest BCUT2D eigenvalue weighted by Crippen LogP contribution is -2.26. The minimum absolute atomic E-state index is 0.114. The zero-order valence-electron chi connectivity index (χ0n) is 11.2. The zero-order chi connectivity index (χ0) is 13.8. The van der Waals surface area contributed by atoms with Gasteiger partial charge in [-0.15, -0.1) is 0 Å². The van der Waals surface area contributed by atoms with Gasteiger partial charge in [0, 0.05) is 12.0 Å². The topological polar surface area (TPSA) is 55.1 Å². The fourth-order valence-corrected chi connectivity index (χ4v) is 2.40. The SMILES string of the molecule is N#Cc1cc2ccccc2nc1OCC1CCCCO1. The smallest absolute Gasteiger partial charge is 0.232 e. The Bertz CT molecular complexity index is 642. The van der Waals surface area contributed by atoms with E-state index in [1.807, 2.05) is 30.3 Å². The maximum Gasteiger partial charge on any atom is 0.232 e. The second-order valence-electron chi connectivity index (χ2n) is 4.95. The van der Waals surface area contributed by atoms with Gasteiger partial charge in [0.25, 0.3) is 0 Å². The highest BCUT2D eigenvalue weighted by Crippen LogP contribution is 2.22. The standard InChI is InChI=1S/C16H16N2O2/c17-10-13-9-12-5-1-2-7-15(12)18-16(13)20-11-14-6-3-4-8-19-14/h1-2,5,7,9,14H,3-4,6,8,11H2. The molecule has 102 valence electrons. The normalized spacial score (nSPS) is 18.6. The van der Waals surface area contributed by atoms with Crippen molar-refractivity contribution in [3.63, 3.8) is 0 Å². The zero-order valence-corrected chi connectivity index (χ0v) is 11.2. The molecule has 1 atom stereocenters. The molecule has 1 aliphatic heterocycles. The summed E-state index contributed by atoms with van der Waals surface area (Å²) >= 11 is 0. The molecule has 4 nitrogen and oxygen atoms in total. The number of fused-ring (bicyclic) bond motifs is 1. The Hall–Kier alpha value is -2.12. The molecule has 1 aromatic carbocycles. The van der Waals surface area contributed by atoms with Gasteiger partial charge in [0.15, 0.2) is 0 Å². The molecule has 20 heavy (non-hydrogen) atoms. The third kappa shape index (κ3) is 2.73. The van der Waals surface area contributed by atoms with E-state index >= 15 is 0 Å². The lowest BCUT2D eigenvalue weighted by Gasteiger charge is -2.22. The summed E-state index contributed by atoms with van der Waals surface area (Å²) < 4.78 is 11.3. The van der Waals surface area contributed by atoms with E-state index in [1.54, 1.807) is 0 Å². The van der Waals surface area contributed by atoms with Crippen molar-refractivity contribution >= 4 is 10.9 Å². The van der Waals surface area contributed by atoms with Gasteiger partial charge in [0.2, 0.25) is 5.88 Å². The fourth-order valence-electron chi connectivity index (χ4n) is 2.40. The molecule has 0 spiro atoms. The summed E-state index contributed by atoms with van der Waals surface area (Å²) in [6, 6.07) is 11.7. The molecule has 1 unspecified atom stereocenters. The van der Waals surface area contributed by atoms with E-state index in [0.717, 1.165) is 30.4 Å². The molecule has 0 aliphatic carbocycles. The third-order valence-electron chi connectivity index (χ3n) is 3.49. The van der Waals surface area contributed by atoms with Crippen LogP contribution in [0.25, 0.3) is 10.9 Å². The van der Waals surface area contributed by atoms with E-state index in [1.165, 1.54) is 6.42 Å². The van der Waals surface area contributed by atoms with Crippen LogP contribution in [0.15, 0.2) is 30.3 Å². The second-order valence-corrected chi connectivity index (χ2v) is 4.95. The molecule has 4 heteroatoms. The van der Waals surface area contributed by atoms with Crippen molar-refractivity contribution < 1.29 is 9.47 Å². The van der Waals surface area contributed by atoms with Crippen LogP contribution in [0.2, 0.25) is 0 Å². The lowest BCUT2D eigenvalue weighted by molar-refractivity contribution is -0.0119. The van der Waals surface area contributed by atoms with Crippen LogP contribution in [0.5, 0.6) is 5.88 Å². The van der Waals surface area contributed by atoms with Gasteiger partial charge in [-0.2, -0.15) is 5.26 Å². The number of pyridine rings is 1. The van der Waals surface area contributed by atoms with Crippen LogP contribution in [0, 0.1) is 11.3 Å². The summed E-state index contributed by atoms with van der Waals surface area (Å²) in [6.07, 6.45) is 3.41. The number of aromatic nitrogens is 1. The highest BCUT2D eigenvalue weighted by Gasteiger charge is 2.16. The Morgan fingerprint density at radius 3 is 3.05 bits per heavy atom. The van der Waals surface area contributed by atoms with Gasteiger partial charge in [-0.25, -0.2) is 4.98 Å². The van der Waals surface area contributed by atoms with E-state index in [4.69, 9.17) is 9.47 Å². The average Bonchev–Trinajstić information content (AvgIpc) is 2.53. The number of nitrogens with zero attached hydrogens (tertiary/aromatic N) is 2. The van der Waals surface area contributed by atoms with E-state index in [-0.39, 0.29) is 6.10 Å². The van der Waals surface area contributed by atoms with Crippen LogP contribution in [0.1, 0.15) is 24.8 Å². The van der Waals surface area contributed by atoms with E-state index < -0.39 is 0 Å². The molecule has 0 N–H and O–H groups in total. The van der Waals surface area contributed by atoms with Gasteiger partial charge in [-0.05, 0) is 31.4 Å². The maximum absolute atomic E-state index is 9.21. The molecule has 0 radical (unpaired) electrons. The molecular formula is C16H16N2O2. The Kier molecular flexibility index (Phi) is 3.80. The highest BCUT2D eigenvalue weighted by molar-refractivity contribution is 5.80. The summed E-state index contributed by atoms with van der Waals surface area (Å²) in [7, 11) is 0. The molecule has 2 heterocycles. The highest BCUT2D eigenvalue weighted by atomic mass is 16.5. The molecule has 1 aromatic heterocycles. The Labute approximate surface area is 118 Å². The van der Waals surface area contributed by atoms with Crippen LogP contribution in [-0.2, 0) is 4.74 Å². The van der Waals surface area contributed by atoms with Gasteiger partial charge >= 0.3 is 0 Å². The maximum atomic E-state index is 9.21. The van der Waals surface area contributed by atoms with Crippen LogP contribution in [-0.4, -0.2) is 24.3 Å². The van der Waals surface area contributed by atoms with Gasteiger partial charge in [-0.3, -0.25) is 0 Å². The Balaban J connectivity index is 1.80. The van der Waals surface area contributed by atoms with E-state index in [0.29, 0.717) is 18.1 Å². The number of hydrogen-bond acceptors (Lipinski definition) is 4. The van der Waals surface area contributed by atoms with Crippen LogP contribution in [0.4, 0.5) is 0 Å². The number of ether oxygens (including phenoxy) is 2. The summed E-state index contributed by atoms with van der Waals surface area (Å²) in [5.74, 6) is 0.403. The number of para-hydroxylation sites is 1. The third-order valence-corrected chi connectivity index (χ3v) is 3.49. The quantitative estimate of drug-likeness (QED) is 0.858. The average molecular weight is 268 g/mol. The van der Waals surface area contributed by atoms with E-state index in [2.05, 4.69) is 11.1 Å². The Morgan fingerprint density at radius 1 is 1.35 bits per heavy atom. The number of rotatable bonds is 3. The number of benzene rings is 1. The van der Waals surface area contributed by atoms with E-state index in [9.17, 15) is 5.26 Å². The molecule has 0 amide bonds. The monoisotopic (exact) mass is 268 g/mol. The van der Waals surface area contributed by atoms with Gasteiger partial charge < -0.3 is 9.47 Å². The van der Waals surface area contributed by atoms with Gasteiger partial charge in [0.05, 0.1) is 11.6 Å². The summed E-state index contributed by atoms with van der Waals surface area (Å²) in [5.41, 5.74) is 1.31. The van der Waals surface area contributed by atoms with Crippen LogP contribution in [0.3, 0.4) is 0 Å². The van der Waals surface area contributed by atoms with Gasteiger partial charge in [-0.1, -0.05) is 18.2 Å². The molecule has 0 bridgehead atoms. The molecule has 1 saturated heterocycles. The molecule has 0 saturated carbocycles. The number of nitriles is 1. The van der Waals surface area contributed by atoms with Crippen molar-refractivity contribution in [2.45, 2.75) is 25.4 Å². The predicted molar refractivity (Wildman–Crippen MR) is 75.5 cm³/mol. The van der Waals surface area contributed by atoms with Gasteiger partial charge in [0.1, 0.15) is 18.2 Å². The van der Waals surface area contributed by atoms with Crippen LogP contribution < -0.4 is 4.74 Å². The first kappa shape index (κ1) is 12.9. The molecule has 3 rings (SSSR count). The summed E-state index contributed by atoms with van der Waals surface area (Å²) in [5, 5.41) is 10.2. The minimum atomic E-state index is 0.114. The first-order valence-electron chi connectivity index (χ1n) is 6.91. The minimum Gasteiger partial charge on any atom is -0.474 e. The molecule has 2 aromatic rings. The lowest BCUT2D eigenvalue weighted by atomic mass is 10.1. The number of hydrogen-bond donors (Lipinski definition) is 0. The first-order chi connectivity index (χ1) is 9.86. The van der Waals surface area contributed by atoms with Crippen molar-refractivity contribution in [2.24, 2.45) is 0 Å². The van der Waals surface area contributed by atoms with Crippen molar-refractivity contribution in [1.29, 1.82) is 5.26 Å². The van der Waals surface area contributed by atoms with Crippen molar-refractivity contribution in [1.82, 2.24) is 4.98 Å². The molecule has 1 fully saturated rings. The van der Waals surface area contributed by atoms with Crippen molar-refractivity contribution in [3.05, 3.63) is 35.9 Å². The fraction of sp³-hybridized carbons (Fsp3) is 0.375. The predicted octanol–water partition coefficient (Wildman–Crippen LogP) is 3.05. The molecular weight excluding hydrogens is 252 g/mol. The second kappa shape index (κ2) is 5.89. The van der Waals surface area contributed by atoms with Crippen molar-refractivity contribution in [2.75, 3.05) is 13.2 Å².